The van der Waals surface area contributed by atoms with Crippen LogP contribution in [0.4, 0.5) is 13.2 Å². The summed E-state index contributed by atoms with van der Waals surface area (Å²) < 4.78 is 74.1. The molecule has 29 heavy (non-hydrogen) atoms. The molecule has 12 heteroatoms. The fourth-order valence-electron chi connectivity index (χ4n) is 2.33. The molecule has 1 unspecified atom stereocenters. The number of halogens is 5. The number of carbonyl (C=O) groups excluding carboxylic acids is 1. The largest absolute Gasteiger partial charge is 0.573 e. The maximum atomic E-state index is 12.7. The summed E-state index contributed by atoms with van der Waals surface area (Å²) in [5.74, 6) is -1.87. The Bertz CT molecular complexity index is 984. The van der Waals surface area contributed by atoms with E-state index < -0.39 is 39.0 Å². The highest BCUT2D eigenvalue weighted by molar-refractivity contribution is 9.10. The van der Waals surface area contributed by atoms with Gasteiger partial charge in [-0.05, 0) is 42.3 Å². The number of ether oxygens (including phenoxy) is 2. The van der Waals surface area contributed by atoms with E-state index in [9.17, 15) is 26.4 Å². The first kappa shape index (κ1) is 23.5. The number of rotatable bonds is 7. The van der Waals surface area contributed by atoms with Crippen molar-refractivity contribution in [2.75, 3.05) is 7.11 Å². The number of carbonyl (C=O) groups is 1. The van der Waals surface area contributed by atoms with E-state index in [1.165, 1.54) is 6.07 Å². The zero-order chi connectivity index (χ0) is 21.8. The van der Waals surface area contributed by atoms with Gasteiger partial charge in [-0.3, -0.25) is 4.79 Å². The number of nitrogens with one attached hydrogen (secondary N) is 1. The Balaban J connectivity index is 2.37. The second-order valence-corrected chi connectivity index (χ2v) is 8.70. The minimum atomic E-state index is -5.11. The van der Waals surface area contributed by atoms with Gasteiger partial charge in [-0.1, -0.05) is 39.7 Å². The zero-order valence-electron chi connectivity index (χ0n) is 14.7. The van der Waals surface area contributed by atoms with Gasteiger partial charge >= 0.3 is 12.3 Å². The first-order valence-electron chi connectivity index (χ1n) is 7.81. The van der Waals surface area contributed by atoms with Crippen molar-refractivity contribution in [3.05, 3.63) is 57.5 Å². The maximum Gasteiger partial charge on any atom is 0.573 e. The number of hydrogen-bond acceptors (Lipinski definition) is 5. The number of benzene rings is 2. The van der Waals surface area contributed by atoms with Crippen LogP contribution < -0.4 is 9.46 Å². The maximum absolute atomic E-state index is 12.7. The fraction of sp³-hybridized carbons (Fsp3) is 0.235. The van der Waals surface area contributed by atoms with Gasteiger partial charge in [0.2, 0.25) is 10.0 Å². The quantitative estimate of drug-likeness (QED) is 0.561. The molecule has 0 saturated carbocycles. The van der Waals surface area contributed by atoms with Crippen LogP contribution in [-0.2, 0) is 26.0 Å². The molecular formula is C17H14BrClF3NO5S. The van der Waals surface area contributed by atoms with Crippen molar-refractivity contribution < 1.29 is 35.9 Å². The second kappa shape index (κ2) is 9.33. The molecule has 0 aliphatic heterocycles. The van der Waals surface area contributed by atoms with Crippen LogP contribution in [0.3, 0.4) is 0 Å². The molecule has 0 bridgehead atoms. The fourth-order valence-corrected chi connectivity index (χ4v) is 4.09. The normalized spacial score (nSPS) is 13.0. The van der Waals surface area contributed by atoms with Crippen molar-refractivity contribution >= 4 is 43.5 Å². The lowest BCUT2D eigenvalue weighted by molar-refractivity contribution is -0.275. The Kier molecular flexibility index (Phi) is 7.55. The number of sulfonamides is 1. The summed E-state index contributed by atoms with van der Waals surface area (Å²) in [6.45, 7) is 0. The second-order valence-electron chi connectivity index (χ2n) is 5.67. The molecule has 2 aromatic rings. The van der Waals surface area contributed by atoms with Gasteiger partial charge in [-0.2, -0.15) is 4.72 Å². The summed E-state index contributed by atoms with van der Waals surface area (Å²) in [6, 6.07) is 7.85. The van der Waals surface area contributed by atoms with E-state index in [0.717, 1.165) is 19.2 Å². The van der Waals surface area contributed by atoms with Gasteiger partial charge in [0.05, 0.1) is 7.11 Å². The Labute approximate surface area is 178 Å². The molecule has 1 N–H and O–H groups in total. The smallest absolute Gasteiger partial charge is 0.468 e. The molecule has 2 aromatic carbocycles. The van der Waals surface area contributed by atoms with Gasteiger partial charge in [0.25, 0.3) is 0 Å². The van der Waals surface area contributed by atoms with Crippen LogP contribution in [0.2, 0.25) is 5.02 Å². The molecule has 6 nitrogen and oxygen atoms in total. The zero-order valence-corrected chi connectivity index (χ0v) is 17.8. The van der Waals surface area contributed by atoms with Crippen LogP contribution in [0.5, 0.6) is 5.75 Å². The van der Waals surface area contributed by atoms with Gasteiger partial charge in [0, 0.05) is 9.50 Å². The lowest BCUT2D eigenvalue weighted by Crippen LogP contribution is -2.43. The predicted octanol–water partition coefficient (Wildman–Crippen LogP) is 4.06. The average Bonchev–Trinajstić information content (AvgIpc) is 2.60. The molecule has 1 atom stereocenters. The minimum Gasteiger partial charge on any atom is -0.468 e. The van der Waals surface area contributed by atoms with Crippen molar-refractivity contribution in [1.29, 1.82) is 0 Å². The van der Waals surface area contributed by atoms with Crippen molar-refractivity contribution in [2.24, 2.45) is 0 Å². The highest BCUT2D eigenvalue weighted by atomic mass is 79.9. The lowest BCUT2D eigenvalue weighted by atomic mass is 10.1. The Morgan fingerprint density at radius 2 is 1.83 bits per heavy atom. The monoisotopic (exact) mass is 515 g/mol. The third-order valence-corrected chi connectivity index (χ3v) is 5.81. The summed E-state index contributed by atoms with van der Waals surface area (Å²) in [5.41, 5.74) is 0.551. The Morgan fingerprint density at radius 3 is 2.38 bits per heavy atom. The number of alkyl halides is 3. The number of esters is 1. The summed E-state index contributed by atoms with van der Waals surface area (Å²) in [6.07, 6.45) is -5.23. The SMILES string of the molecule is COC(=O)C(Cc1ccc(Cl)cc1)NS(=O)(=O)c1ccc(Br)cc1OC(F)(F)F. The predicted molar refractivity (Wildman–Crippen MR) is 102 cm³/mol. The summed E-state index contributed by atoms with van der Waals surface area (Å²) in [7, 11) is -3.53. The van der Waals surface area contributed by atoms with Crippen molar-refractivity contribution in [3.63, 3.8) is 0 Å². The first-order chi connectivity index (χ1) is 13.4. The Morgan fingerprint density at radius 1 is 1.21 bits per heavy atom. The molecule has 0 radical (unpaired) electrons. The van der Waals surface area contributed by atoms with Crippen LogP contribution in [-0.4, -0.2) is 33.9 Å². The molecule has 0 heterocycles. The lowest BCUT2D eigenvalue weighted by Gasteiger charge is -2.19. The topological polar surface area (TPSA) is 81.7 Å². The van der Waals surface area contributed by atoms with Crippen LogP contribution in [0.1, 0.15) is 5.56 Å². The van der Waals surface area contributed by atoms with Gasteiger partial charge in [0.1, 0.15) is 10.9 Å². The first-order valence-corrected chi connectivity index (χ1v) is 10.5. The molecule has 0 fully saturated rings. The van der Waals surface area contributed by atoms with E-state index >= 15 is 0 Å². The molecule has 0 aromatic heterocycles. The van der Waals surface area contributed by atoms with Crippen molar-refractivity contribution in [3.8, 4) is 5.75 Å². The summed E-state index contributed by atoms with van der Waals surface area (Å²) in [4.78, 5) is 11.3. The minimum absolute atomic E-state index is 0.116. The van der Waals surface area contributed by atoms with E-state index in [1.807, 2.05) is 0 Å². The highest BCUT2D eigenvalue weighted by Crippen LogP contribution is 2.32. The standard InChI is InChI=1S/C17H14BrClF3NO5S/c1-27-16(24)13(8-10-2-5-12(19)6-3-10)23-29(25,26)15-7-4-11(18)9-14(15)28-17(20,21)22/h2-7,9,13,23H,8H2,1H3. The molecule has 0 saturated heterocycles. The van der Waals surface area contributed by atoms with Crippen LogP contribution in [0.25, 0.3) is 0 Å². The molecule has 0 amide bonds. The van der Waals surface area contributed by atoms with Gasteiger partial charge < -0.3 is 9.47 Å². The third kappa shape index (κ3) is 6.88. The van der Waals surface area contributed by atoms with E-state index in [0.29, 0.717) is 10.6 Å². The Hall–Kier alpha value is -1.82. The molecule has 0 spiro atoms. The van der Waals surface area contributed by atoms with Gasteiger partial charge in [-0.25, -0.2) is 8.42 Å². The van der Waals surface area contributed by atoms with Crippen molar-refractivity contribution in [2.45, 2.75) is 23.7 Å². The van der Waals surface area contributed by atoms with Gasteiger partial charge in [-0.15, -0.1) is 13.2 Å². The molecular weight excluding hydrogens is 503 g/mol. The molecule has 2 rings (SSSR count). The van der Waals surface area contributed by atoms with E-state index in [4.69, 9.17) is 11.6 Å². The van der Waals surface area contributed by atoms with E-state index in [1.54, 1.807) is 24.3 Å². The van der Waals surface area contributed by atoms with Gasteiger partial charge in [0.15, 0.2) is 5.75 Å². The summed E-state index contributed by atoms with van der Waals surface area (Å²) >= 11 is 8.75. The molecule has 158 valence electrons. The van der Waals surface area contributed by atoms with Crippen LogP contribution in [0.15, 0.2) is 51.8 Å². The number of hydrogen-bond donors (Lipinski definition) is 1. The van der Waals surface area contributed by atoms with Crippen LogP contribution in [0, 0.1) is 0 Å². The number of methoxy groups -OCH3 is 1. The van der Waals surface area contributed by atoms with E-state index in [2.05, 4.69) is 30.1 Å². The molecule has 0 aliphatic carbocycles. The highest BCUT2D eigenvalue weighted by Gasteiger charge is 2.35. The van der Waals surface area contributed by atoms with E-state index in [-0.39, 0.29) is 10.9 Å². The van der Waals surface area contributed by atoms with Crippen LogP contribution >= 0.6 is 27.5 Å². The average molecular weight is 517 g/mol. The summed E-state index contributed by atoms with van der Waals surface area (Å²) in [5, 5.41) is 0.438. The third-order valence-electron chi connectivity index (χ3n) is 3.56. The molecule has 0 aliphatic rings. The van der Waals surface area contributed by atoms with Crippen molar-refractivity contribution in [1.82, 2.24) is 4.72 Å².